The summed E-state index contributed by atoms with van der Waals surface area (Å²) in [5.41, 5.74) is 0.894. The van der Waals surface area contributed by atoms with Gasteiger partial charge >= 0.3 is 0 Å². The fraction of sp³-hybridized carbons (Fsp3) is 0.588. The van der Waals surface area contributed by atoms with Crippen molar-refractivity contribution in [1.82, 2.24) is 4.90 Å². The Morgan fingerprint density at radius 3 is 2.57 bits per heavy atom. The molecule has 1 aliphatic carbocycles. The molecular weight excluding hydrogens is 266 g/mol. The zero-order chi connectivity index (χ0) is 15.1. The van der Waals surface area contributed by atoms with Gasteiger partial charge in [-0.1, -0.05) is 43.2 Å². The second-order valence-corrected chi connectivity index (χ2v) is 5.47. The lowest BCUT2D eigenvalue weighted by Crippen LogP contribution is -2.38. The first-order valence-electron chi connectivity index (χ1n) is 7.86. The van der Waals surface area contributed by atoms with Gasteiger partial charge in [0.05, 0.1) is 12.7 Å². The van der Waals surface area contributed by atoms with E-state index in [4.69, 9.17) is 9.84 Å². The standard InChI is InChI=1S/C17H25NO3/c1-2-18(12-13-19)17(20)16(14-8-4-3-5-9-14)21-15-10-6-7-11-15/h3-5,8-9,15-16,19H,2,6-7,10-13H2,1H3. The van der Waals surface area contributed by atoms with E-state index in [9.17, 15) is 4.79 Å². The predicted molar refractivity (Wildman–Crippen MR) is 81.9 cm³/mol. The minimum absolute atomic E-state index is 0.0233. The SMILES string of the molecule is CCN(CCO)C(=O)C(OC1CCCC1)c1ccccc1. The second-order valence-electron chi connectivity index (χ2n) is 5.47. The second kappa shape index (κ2) is 8.15. The maximum atomic E-state index is 12.7. The highest BCUT2D eigenvalue weighted by molar-refractivity contribution is 5.82. The Morgan fingerprint density at radius 1 is 1.33 bits per heavy atom. The van der Waals surface area contributed by atoms with Gasteiger partial charge in [0.15, 0.2) is 6.10 Å². The summed E-state index contributed by atoms with van der Waals surface area (Å²) in [5, 5.41) is 9.12. The van der Waals surface area contributed by atoms with Gasteiger partial charge in [-0.3, -0.25) is 4.79 Å². The van der Waals surface area contributed by atoms with Crippen molar-refractivity contribution in [2.45, 2.75) is 44.8 Å². The van der Waals surface area contributed by atoms with E-state index in [-0.39, 0.29) is 18.6 Å². The van der Waals surface area contributed by atoms with E-state index in [1.54, 1.807) is 4.90 Å². The molecule has 4 heteroatoms. The quantitative estimate of drug-likeness (QED) is 0.840. The third-order valence-corrected chi connectivity index (χ3v) is 4.02. The van der Waals surface area contributed by atoms with Crippen LogP contribution in [-0.4, -0.2) is 41.7 Å². The van der Waals surface area contributed by atoms with Crippen LogP contribution in [0.5, 0.6) is 0 Å². The van der Waals surface area contributed by atoms with Crippen LogP contribution in [0.1, 0.15) is 44.3 Å². The molecule has 1 saturated carbocycles. The summed E-state index contributed by atoms with van der Waals surface area (Å²) >= 11 is 0. The molecule has 0 bridgehead atoms. The highest BCUT2D eigenvalue weighted by Gasteiger charge is 2.29. The molecule has 1 unspecified atom stereocenters. The molecule has 0 saturated heterocycles. The van der Waals surface area contributed by atoms with Gasteiger partial charge < -0.3 is 14.7 Å². The van der Waals surface area contributed by atoms with E-state index in [0.29, 0.717) is 13.1 Å². The summed E-state index contributed by atoms with van der Waals surface area (Å²) in [7, 11) is 0. The molecule has 21 heavy (non-hydrogen) atoms. The highest BCUT2D eigenvalue weighted by atomic mass is 16.5. The summed E-state index contributed by atoms with van der Waals surface area (Å²) in [5.74, 6) is -0.0513. The van der Waals surface area contributed by atoms with Crippen LogP contribution in [0.25, 0.3) is 0 Å². The fourth-order valence-electron chi connectivity index (χ4n) is 2.83. The van der Waals surface area contributed by atoms with Crippen LogP contribution in [0.2, 0.25) is 0 Å². The molecule has 116 valence electrons. The number of carbonyl (C=O) groups excluding carboxylic acids is 1. The lowest BCUT2D eigenvalue weighted by Gasteiger charge is -2.28. The fourth-order valence-corrected chi connectivity index (χ4v) is 2.83. The van der Waals surface area contributed by atoms with Gasteiger partial charge in [0.2, 0.25) is 0 Å². The molecule has 1 aromatic rings. The molecule has 0 aromatic heterocycles. The molecule has 0 aliphatic heterocycles. The van der Waals surface area contributed by atoms with Crippen LogP contribution in [0.15, 0.2) is 30.3 Å². The van der Waals surface area contributed by atoms with Gasteiger partial charge in [-0.15, -0.1) is 0 Å². The molecule has 1 amide bonds. The number of nitrogens with zero attached hydrogens (tertiary/aromatic N) is 1. The summed E-state index contributed by atoms with van der Waals surface area (Å²) in [4.78, 5) is 14.4. The maximum Gasteiger partial charge on any atom is 0.256 e. The van der Waals surface area contributed by atoms with Crippen molar-refractivity contribution in [3.63, 3.8) is 0 Å². The third-order valence-electron chi connectivity index (χ3n) is 4.02. The zero-order valence-electron chi connectivity index (χ0n) is 12.7. The van der Waals surface area contributed by atoms with Crippen LogP contribution < -0.4 is 0 Å². The van der Waals surface area contributed by atoms with E-state index < -0.39 is 6.10 Å². The van der Waals surface area contributed by atoms with Crippen molar-refractivity contribution in [1.29, 1.82) is 0 Å². The van der Waals surface area contributed by atoms with Crippen LogP contribution in [-0.2, 0) is 9.53 Å². The van der Waals surface area contributed by atoms with Crippen molar-refractivity contribution < 1.29 is 14.6 Å². The molecule has 1 N–H and O–H groups in total. The molecule has 0 radical (unpaired) electrons. The summed E-state index contributed by atoms with van der Waals surface area (Å²) in [6.07, 6.45) is 4.03. The Morgan fingerprint density at radius 2 is 2.00 bits per heavy atom. The first kappa shape index (κ1) is 16.0. The summed E-state index contributed by atoms with van der Waals surface area (Å²) < 4.78 is 6.12. The number of benzene rings is 1. The average molecular weight is 291 g/mol. The van der Waals surface area contributed by atoms with Crippen LogP contribution in [0.3, 0.4) is 0 Å². The van der Waals surface area contributed by atoms with E-state index in [0.717, 1.165) is 18.4 Å². The first-order chi connectivity index (χ1) is 10.3. The molecular formula is C17H25NO3. The minimum atomic E-state index is -0.555. The van der Waals surface area contributed by atoms with Crippen LogP contribution in [0.4, 0.5) is 0 Å². The van der Waals surface area contributed by atoms with Crippen molar-refractivity contribution in [2.24, 2.45) is 0 Å². The van der Waals surface area contributed by atoms with E-state index in [1.807, 2.05) is 37.3 Å². The molecule has 0 heterocycles. The predicted octanol–water partition coefficient (Wildman–Crippen LogP) is 2.53. The number of ether oxygens (including phenoxy) is 1. The highest BCUT2D eigenvalue weighted by Crippen LogP contribution is 2.29. The number of likely N-dealkylation sites (N-methyl/N-ethyl adjacent to an activating group) is 1. The Balaban J connectivity index is 2.15. The number of hydrogen-bond acceptors (Lipinski definition) is 3. The van der Waals surface area contributed by atoms with Gasteiger partial charge in [0.1, 0.15) is 0 Å². The lowest BCUT2D eigenvalue weighted by atomic mass is 10.1. The van der Waals surface area contributed by atoms with Crippen LogP contribution >= 0.6 is 0 Å². The zero-order valence-corrected chi connectivity index (χ0v) is 12.7. The van der Waals surface area contributed by atoms with Crippen molar-refractivity contribution in [3.8, 4) is 0 Å². The van der Waals surface area contributed by atoms with Gasteiger partial charge in [-0.05, 0) is 25.3 Å². The van der Waals surface area contributed by atoms with Crippen molar-refractivity contribution in [2.75, 3.05) is 19.7 Å². The number of carbonyl (C=O) groups is 1. The van der Waals surface area contributed by atoms with E-state index in [2.05, 4.69) is 0 Å². The molecule has 0 spiro atoms. The Kier molecular flexibility index (Phi) is 6.21. The molecule has 2 rings (SSSR count). The van der Waals surface area contributed by atoms with Gasteiger partial charge in [-0.2, -0.15) is 0 Å². The molecule has 1 fully saturated rings. The summed E-state index contributed by atoms with van der Waals surface area (Å²) in [6.45, 7) is 2.83. The van der Waals surface area contributed by atoms with Gasteiger partial charge in [0.25, 0.3) is 5.91 Å². The first-order valence-corrected chi connectivity index (χ1v) is 7.86. The molecule has 1 aliphatic rings. The number of aliphatic hydroxyl groups is 1. The third kappa shape index (κ3) is 4.29. The summed E-state index contributed by atoms with van der Waals surface area (Å²) in [6, 6.07) is 9.66. The molecule has 1 atom stereocenters. The Bertz CT molecular complexity index is 429. The van der Waals surface area contributed by atoms with Crippen molar-refractivity contribution in [3.05, 3.63) is 35.9 Å². The smallest absolute Gasteiger partial charge is 0.256 e. The van der Waals surface area contributed by atoms with Gasteiger partial charge in [-0.25, -0.2) is 0 Å². The minimum Gasteiger partial charge on any atom is -0.395 e. The monoisotopic (exact) mass is 291 g/mol. The topological polar surface area (TPSA) is 49.8 Å². The van der Waals surface area contributed by atoms with E-state index in [1.165, 1.54) is 12.8 Å². The molecule has 1 aromatic carbocycles. The van der Waals surface area contributed by atoms with Crippen LogP contribution in [0, 0.1) is 0 Å². The van der Waals surface area contributed by atoms with E-state index >= 15 is 0 Å². The Hall–Kier alpha value is -1.39. The largest absolute Gasteiger partial charge is 0.395 e. The normalized spacial score (nSPS) is 16.9. The lowest BCUT2D eigenvalue weighted by molar-refractivity contribution is -0.148. The number of aliphatic hydroxyl groups excluding tert-OH is 1. The maximum absolute atomic E-state index is 12.7. The Labute approximate surface area is 126 Å². The van der Waals surface area contributed by atoms with Crippen molar-refractivity contribution >= 4 is 5.91 Å². The number of hydrogen-bond donors (Lipinski definition) is 1. The molecule has 4 nitrogen and oxygen atoms in total. The number of amides is 1. The average Bonchev–Trinajstić information content (AvgIpc) is 3.03. The van der Waals surface area contributed by atoms with Gasteiger partial charge in [0, 0.05) is 13.1 Å². The number of rotatable bonds is 7.